The summed E-state index contributed by atoms with van der Waals surface area (Å²) >= 11 is 0. The molecule has 84 valence electrons. The van der Waals surface area contributed by atoms with Gasteiger partial charge in [0.15, 0.2) is 0 Å². The summed E-state index contributed by atoms with van der Waals surface area (Å²) in [5.74, 6) is -1.99. The van der Waals surface area contributed by atoms with Gasteiger partial charge in [-0.1, -0.05) is 0 Å². The van der Waals surface area contributed by atoms with E-state index in [0.29, 0.717) is 0 Å². The molecule has 0 aliphatic rings. The number of carbonyl (C=O) groups excluding carboxylic acids is 1. The van der Waals surface area contributed by atoms with Gasteiger partial charge in [-0.05, 0) is 20.8 Å². The molecule has 0 aromatic heterocycles. The second-order valence-corrected chi connectivity index (χ2v) is 5.26. The highest BCUT2D eigenvalue weighted by Gasteiger charge is 2.26. The van der Waals surface area contributed by atoms with Crippen molar-refractivity contribution in [2.75, 3.05) is 5.75 Å². The zero-order chi connectivity index (χ0) is 11.6. The molecule has 1 atom stereocenters. The molecule has 0 aliphatic carbocycles. The van der Waals surface area contributed by atoms with E-state index >= 15 is 0 Å². The van der Waals surface area contributed by atoms with Crippen molar-refractivity contribution in [1.29, 1.82) is 0 Å². The highest BCUT2D eigenvalue weighted by atomic mass is 32.3. The van der Waals surface area contributed by atoms with E-state index < -0.39 is 33.6 Å². The fraction of sp³-hybridized carbons (Fsp3) is 0.857. The Balaban J connectivity index is 4.29. The molecule has 0 amide bonds. The highest BCUT2D eigenvalue weighted by molar-refractivity contribution is 7.86. The molecule has 0 fully saturated rings. The fourth-order valence-electron chi connectivity index (χ4n) is 0.660. The lowest BCUT2D eigenvalue weighted by Gasteiger charge is -2.21. The summed E-state index contributed by atoms with van der Waals surface area (Å²) in [4.78, 5) is 11.1. The predicted molar refractivity (Wildman–Crippen MR) is 48.7 cm³/mol. The first kappa shape index (κ1) is 13.3. The van der Waals surface area contributed by atoms with Gasteiger partial charge < -0.3 is 10.5 Å². The van der Waals surface area contributed by atoms with Crippen LogP contribution in [0.15, 0.2) is 0 Å². The molecule has 0 bridgehead atoms. The molecule has 0 saturated heterocycles. The van der Waals surface area contributed by atoms with E-state index in [9.17, 15) is 17.1 Å². The lowest BCUT2D eigenvalue weighted by molar-refractivity contribution is -0.155. The Hall–Kier alpha value is -0.690. The molecule has 0 aromatic rings. The Labute approximate surface area is 82.6 Å². The van der Waals surface area contributed by atoms with E-state index in [0.717, 1.165) is 0 Å². The van der Waals surface area contributed by atoms with Crippen LogP contribution in [-0.4, -0.2) is 31.8 Å². The van der Waals surface area contributed by atoms with Crippen LogP contribution >= 0.6 is 0 Å². The SMILES string of the molecule is CC(C)(C)OC(=O)[C@@H](N)CS(=O)(=O)F. The number of esters is 1. The van der Waals surface area contributed by atoms with Crippen LogP contribution in [0.5, 0.6) is 0 Å². The van der Waals surface area contributed by atoms with Gasteiger partial charge in [-0.2, -0.15) is 8.42 Å². The standard InChI is InChI=1S/C7H14FNO4S/c1-7(2,3)13-6(10)5(9)4-14(8,11)12/h5H,4,9H2,1-3H3/t5-/m0/s1. The van der Waals surface area contributed by atoms with E-state index in [1.165, 1.54) is 0 Å². The van der Waals surface area contributed by atoms with Crippen molar-refractivity contribution in [2.45, 2.75) is 32.4 Å². The molecule has 0 rings (SSSR count). The van der Waals surface area contributed by atoms with Crippen molar-refractivity contribution in [3.8, 4) is 0 Å². The van der Waals surface area contributed by atoms with Gasteiger partial charge in [-0.15, -0.1) is 3.89 Å². The maximum atomic E-state index is 12.1. The second kappa shape index (κ2) is 4.22. The number of carbonyl (C=O) groups is 1. The van der Waals surface area contributed by atoms with Gasteiger partial charge in [-0.3, -0.25) is 4.79 Å². The minimum absolute atomic E-state index is 0.769. The van der Waals surface area contributed by atoms with Gasteiger partial charge in [0.1, 0.15) is 17.4 Å². The summed E-state index contributed by atoms with van der Waals surface area (Å²) in [7, 11) is -4.75. The van der Waals surface area contributed by atoms with E-state index in [-0.39, 0.29) is 0 Å². The van der Waals surface area contributed by atoms with Crippen LogP contribution in [0, 0.1) is 0 Å². The number of nitrogens with two attached hydrogens (primary N) is 1. The Morgan fingerprint density at radius 1 is 1.50 bits per heavy atom. The Kier molecular flexibility index (Phi) is 4.01. The number of rotatable bonds is 3. The van der Waals surface area contributed by atoms with E-state index in [1.54, 1.807) is 20.8 Å². The van der Waals surface area contributed by atoms with Crippen LogP contribution < -0.4 is 5.73 Å². The van der Waals surface area contributed by atoms with Crippen molar-refractivity contribution in [3.63, 3.8) is 0 Å². The van der Waals surface area contributed by atoms with Gasteiger partial charge in [0.2, 0.25) is 0 Å². The van der Waals surface area contributed by atoms with Gasteiger partial charge in [-0.25, -0.2) is 0 Å². The number of halogens is 1. The summed E-state index contributed by atoms with van der Waals surface area (Å²) in [6.45, 7) is 4.80. The predicted octanol–water partition coefficient (Wildman–Crippen LogP) is -0.0453. The van der Waals surface area contributed by atoms with Crippen molar-refractivity contribution < 1.29 is 21.8 Å². The monoisotopic (exact) mass is 227 g/mol. The third-order valence-corrected chi connectivity index (χ3v) is 1.85. The summed E-state index contributed by atoms with van der Waals surface area (Å²) in [6.07, 6.45) is 0. The molecule has 7 heteroatoms. The van der Waals surface area contributed by atoms with E-state index in [4.69, 9.17) is 10.5 Å². The molecule has 5 nitrogen and oxygen atoms in total. The van der Waals surface area contributed by atoms with Crippen LogP contribution in [0.2, 0.25) is 0 Å². The van der Waals surface area contributed by atoms with Crippen molar-refractivity contribution >= 4 is 16.2 Å². The molecule has 0 saturated carbocycles. The topological polar surface area (TPSA) is 86.5 Å². The largest absolute Gasteiger partial charge is 0.459 e. The zero-order valence-corrected chi connectivity index (χ0v) is 9.10. The minimum atomic E-state index is -4.75. The van der Waals surface area contributed by atoms with Crippen molar-refractivity contribution in [3.05, 3.63) is 0 Å². The summed E-state index contributed by atoms with van der Waals surface area (Å²) in [5.41, 5.74) is 4.35. The minimum Gasteiger partial charge on any atom is -0.459 e. The Morgan fingerprint density at radius 2 is 1.93 bits per heavy atom. The molecular formula is C7H14FNO4S. The maximum absolute atomic E-state index is 12.1. The smallest absolute Gasteiger partial charge is 0.324 e. The molecule has 0 heterocycles. The van der Waals surface area contributed by atoms with Crippen LogP contribution in [0.3, 0.4) is 0 Å². The molecule has 0 radical (unpaired) electrons. The molecule has 0 unspecified atom stereocenters. The summed E-state index contributed by atoms with van der Waals surface area (Å²) < 4.78 is 37.2. The fourth-order valence-corrected chi connectivity index (χ4v) is 1.23. The van der Waals surface area contributed by atoms with Crippen LogP contribution in [0.4, 0.5) is 3.89 Å². The number of ether oxygens (including phenoxy) is 1. The lowest BCUT2D eigenvalue weighted by Crippen LogP contribution is -2.41. The quantitative estimate of drug-likeness (QED) is 0.539. The van der Waals surface area contributed by atoms with Crippen molar-refractivity contribution in [2.24, 2.45) is 5.73 Å². The average molecular weight is 227 g/mol. The van der Waals surface area contributed by atoms with Crippen LogP contribution in [0.25, 0.3) is 0 Å². The first-order chi connectivity index (χ1) is 6.01. The van der Waals surface area contributed by atoms with E-state index in [1.807, 2.05) is 0 Å². The normalized spacial score (nSPS) is 14.9. The first-order valence-electron chi connectivity index (χ1n) is 3.92. The highest BCUT2D eigenvalue weighted by Crippen LogP contribution is 2.08. The molecular weight excluding hydrogens is 213 g/mol. The summed E-state index contributed by atoms with van der Waals surface area (Å²) in [5, 5.41) is 0. The number of hydrogen-bond acceptors (Lipinski definition) is 5. The van der Waals surface area contributed by atoms with Gasteiger partial charge in [0.05, 0.1) is 0 Å². The first-order valence-corrected chi connectivity index (χ1v) is 5.47. The molecule has 2 N–H and O–H groups in total. The van der Waals surface area contributed by atoms with Gasteiger partial charge in [0, 0.05) is 0 Å². The summed E-state index contributed by atoms with van der Waals surface area (Å²) in [6, 6.07) is -1.48. The molecule has 0 aromatic carbocycles. The third kappa shape index (κ3) is 6.79. The molecule has 14 heavy (non-hydrogen) atoms. The average Bonchev–Trinajstić information content (AvgIpc) is 1.78. The maximum Gasteiger partial charge on any atom is 0.324 e. The zero-order valence-electron chi connectivity index (χ0n) is 8.28. The second-order valence-electron chi connectivity index (χ2n) is 3.85. The lowest BCUT2D eigenvalue weighted by atomic mass is 10.2. The van der Waals surface area contributed by atoms with Gasteiger partial charge in [0.25, 0.3) is 0 Å². The Morgan fingerprint density at radius 3 is 2.21 bits per heavy atom. The third-order valence-electron chi connectivity index (χ3n) is 1.09. The van der Waals surface area contributed by atoms with Gasteiger partial charge >= 0.3 is 16.2 Å². The van der Waals surface area contributed by atoms with Crippen LogP contribution in [0.1, 0.15) is 20.8 Å². The van der Waals surface area contributed by atoms with Crippen molar-refractivity contribution in [1.82, 2.24) is 0 Å². The molecule has 0 spiro atoms. The van der Waals surface area contributed by atoms with E-state index in [2.05, 4.69) is 0 Å². The van der Waals surface area contributed by atoms with Crippen LogP contribution in [-0.2, 0) is 19.8 Å². The number of hydrogen-bond donors (Lipinski definition) is 1. The Bertz CT molecular complexity index is 306. The molecule has 0 aliphatic heterocycles.